The summed E-state index contributed by atoms with van der Waals surface area (Å²) in [6.45, 7) is 7.14. The summed E-state index contributed by atoms with van der Waals surface area (Å²) in [6.07, 6.45) is 3.14. The molecule has 0 aromatic heterocycles. The van der Waals surface area contributed by atoms with E-state index < -0.39 is 39.6 Å². The summed E-state index contributed by atoms with van der Waals surface area (Å²) in [6, 6.07) is 22.7. The Balaban J connectivity index is 0.819. The third kappa shape index (κ3) is 8.73. The van der Waals surface area contributed by atoms with E-state index in [9.17, 15) is 33.6 Å². The van der Waals surface area contributed by atoms with Crippen LogP contribution < -0.4 is 28.9 Å². The van der Waals surface area contributed by atoms with Gasteiger partial charge in [-0.25, -0.2) is 4.79 Å². The molecular weight excluding hydrogens is 917 g/mol. The Morgan fingerprint density at radius 1 is 0.757 bits per heavy atom. The van der Waals surface area contributed by atoms with Crippen molar-refractivity contribution in [1.29, 1.82) is 0 Å². The number of aliphatic imine (C=N–C) groups is 1. The van der Waals surface area contributed by atoms with Crippen LogP contribution in [-0.4, -0.2) is 120 Å². The molecule has 1 unspecified atom stereocenters. The molecule has 4 aromatic carbocycles. The fraction of sp³-hybridized carbons (Fsp3) is 0.385. The summed E-state index contributed by atoms with van der Waals surface area (Å²) in [5.41, 5.74) is 6.89. The van der Waals surface area contributed by atoms with Crippen LogP contribution in [0.1, 0.15) is 83.4 Å². The van der Waals surface area contributed by atoms with Gasteiger partial charge in [0.1, 0.15) is 5.75 Å². The fourth-order valence-corrected chi connectivity index (χ4v) is 11.7. The van der Waals surface area contributed by atoms with Crippen LogP contribution in [0.25, 0.3) is 0 Å². The Morgan fingerprint density at radius 2 is 1.43 bits per heavy atom. The zero-order valence-electron chi connectivity index (χ0n) is 39.3. The third-order valence-electron chi connectivity index (χ3n) is 13.5. The lowest BCUT2D eigenvalue weighted by Crippen LogP contribution is -2.46. The number of hydrogen-bond donors (Lipinski definition) is 0. The fourth-order valence-electron chi connectivity index (χ4n) is 10.3. The van der Waals surface area contributed by atoms with Gasteiger partial charge in [-0.2, -0.15) is 0 Å². The van der Waals surface area contributed by atoms with Gasteiger partial charge in [-0.05, 0) is 68.1 Å². The second kappa shape index (κ2) is 18.6. The van der Waals surface area contributed by atoms with Gasteiger partial charge in [-0.1, -0.05) is 36.4 Å². The molecule has 3 atom stereocenters. The zero-order chi connectivity index (χ0) is 49.0. The third-order valence-corrected chi connectivity index (χ3v) is 14.9. The Kier molecular flexibility index (Phi) is 12.4. The second-order valence-corrected chi connectivity index (χ2v) is 20.8. The molecule has 0 bridgehead atoms. The number of hydroxylamine groups is 2. The summed E-state index contributed by atoms with van der Waals surface area (Å²) in [4.78, 5) is 108. The van der Waals surface area contributed by atoms with E-state index in [4.69, 9.17) is 24.0 Å². The number of thioether (sulfide) groups is 1. The number of carbonyl (C=O) groups is 7. The standard InChI is InChI=1S/C52H52N6O11S/c1-30-20-36-40(25-41(30)67-18-9-19-68-43-24-37-35(23-42(43)66-4)49(63)56-33(27-53-37)21-31-10-5-7-12-38(31)56)54(28-34-22-32-11-6-8-13-39(32)57(34)50(36)64)29-52(2,3)70-44-26-47(61)55(51(44)65)17-16-48(62)69-58-45(59)14-15-46(58)60/h5-8,10-13,20,23-25,27,33-34,44H,9,14-19,21-22,26,28-29H2,1-4H3/t33-,34-,44?/m0/s1. The molecule has 10 rings (SSSR count). The summed E-state index contributed by atoms with van der Waals surface area (Å²) >= 11 is 1.37. The topological polar surface area (TPSA) is 185 Å². The largest absolute Gasteiger partial charge is 0.493 e. The van der Waals surface area contributed by atoms with E-state index in [1.807, 2.05) is 92.5 Å². The van der Waals surface area contributed by atoms with Gasteiger partial charge in [0.25, 0.3) is 23.6 Å². The lowest BCUT2D eigenvalue weighted by Gasteiger charge is -2.36. The van der Waals surface area contributed by atoms with Crippen molar-refractivity contribution in [2.24, 2.45) is 4.99 Å². The Hall–Kier alpha value is -7.21. The van der Waals surface area contributed by atoms with E-state index in [2.05, 4.69) is 4.90 Å². The average Bonchev–Trinajstić information content (AvgIpc) is 4.02. The SMILES string of the molecule is COc1cc2c(cc1OCCCOc1cc3c(cc1C)C(=O)N1c4ccccc4C[C@H]1CN3CC(C)(C)SC1CC(=O)N(CCC(=O)ON3C(=O)CCC3=O)C1=O)N=C[C@@H]1Cc3ccccc3N1C2=O. The molecule has 0 spiro atoms. The van der Waals surface area contributed by atoms with Crippen molar-refractivity contribution in [3.8, 4) is 17.2 Å². The molecule has 362 valence electrons. The van der Waals surface area contributed by atoms with E-state index in [1.54, 1.807) is 17.0 Å². The van der Waals surface area contributed by atoms with E-state index in [-0.39, 0.29) is 69.3 Å². The smallest absolute Gasteiger partial charge is 0.335 e. The number of aryl methyl sites for hydroxylation is 1. The predicted molar refractivity (Wildman–Crippen MR) is 260 cm³/mol. The molecule has 2 saturated heterocycles. The van der Waals surface area contributed by atoms with E-state index in [0.29, 0.717) is 77.2 Å². The van der Waals surface area contributed by atoms with Gasteiger partial charge in [-0.15, -0.1) is 16.8 Å². The van der Waals surface area contributed by atoms with Crippen LogP contribution in [0.3, 0.4) is 0 Å². The minimum atomic E-state index is -0.894. The number of carbonyl (C=O) groups excluding carboxylic acids is 7. The normalized spacial score (nSPS) is 20.2. The number of para-hydroxylation sites is 2. The number of benzene rings is 4. The Labute approximate surface area is 408 Å². The number of fused-ring (bicyclic) bond motifs is 8. The van der Waals surface area contributed by atoms with Gasteiger partial charge in [0.05, 0.1) is 66.6 Å². The first-order valence-corrected chi connectivity index (χ1v) is 24.4. The number of ether oxygens (including phenoxy) is 3. The number of methoxy groups -OCH3 is 1. The minimum Gasteiger partial charge on any atom is -0.493 e. The number of anilines is 3. The van der Waals surface area contributed by atoms with Gasteiger partial charge < -0.3 is 28.8 Å². The van der Waals surface area contributed by atoms with Crippen LogP contribution in [0, 0.1) is 6.92 Å². The molecule has 6 aliphatic rings. The number of nitrogens with zero attached hydrogens (tertiary/aromatic N) is 6. The highest BCUT2D eigenvalue weighted by molar-refractivity contribution is 8.02. The summed E-state index contributed by atoms with van der Waals surface area (Å²) in [5, 5.41) is -0.280. The van der Waals surface area contributed by atoms with Gasteiger partial charge in [-0.3, -0.25) is 43.6 Å². The van der Waals surface area contributed by atoms with Crippen molar-refractivity contribution in [2.75, 3.05) is 54.7 Å². The van der Waals surface area contributed by atoms with Crippen molar-refractivity contribution in [3.05, 3.63) is 101 Å². The Morgan fingerprint density at radius 3 is 2.16 bits per heavy atom. The molecular formula is C52H52N6O11S. The molecule has 4 aromatic rings. The molecule has 0 radical (unpaired) electrons. The lowest BCUT2D eigenvalue weighted by atomic mass is 10.0. The number of hydrogen-bond acceptors (Lipinski definition) is 14. The van der Waals surface area contributed by atoms with Crippen LogP contribution >= 0.6 is 11.8 Å². The highest BCUT2D eigenvalue weighted by Crippen LogP contribution is 2.44. The maximum atomic E-state index is 14.6. The van der Waals surface area contributed by atoms with Crippen LogP contribution in [0.4, 0.5) is 22.7 Å². The van der Waals surface area contributed by atoms with Crippen LogP contribution in [0.15, 0.2) is 77.8 Å². The average molecular weight is 969 g/mol. The molecule has 70 heavy (non-hydrogen) atoms. The number of amides is 6. The highest BCUT2D eigenvalue weighted by atomic mass is 32.2. The van der Waals surface area contributed by atoms with Gasteiger partial charge >= 0.3 is 5.97 Å². The minimum absolute atomic E-state index is 0.0473. The van der Waals surface area contributed by atoms with E-state index >= 15 is 0 Å². The van der Waals surface area contributed by atoms with E-state index in [1.165, 1.54) is 18.9 Å². The summed E-state index contributed by atoms with van der Waals surface area (Å²) in [7, 11) is 1.54. The molecule has 6 aliphatic heterocycles. The van der Waals surface area contributed by atoms with Crippen LogP contribution in [0.2, 0.25) is 0 Å². The van der Waals surface area contributed by atoms with Gasteiger partial charge in [0.15, 0.2) is 11.5 Å². The first-order valence-electron chi connectivity index (χ1n) is 23.5. The maximum Gasteiger partial charge on any atom is 0.335 e. The van der Waals surface area contributed by atoms with Crippen molar-refractivity contribution in [2.45, 2.75) is 87.8 Å². The van der Waals surface area contributed by atoms with E-state index in [0.717, 1.165) is 33.0 Å². The number of imide groups is 2. The molecule has 2 fully saturated rings. The quantitative estimate of drug-likeness (QED) is 0.0975. The summed E-state index contributed by atoms with van der Waals surface area (Å²) in [5.74, 6) is -1.77. The molecule has 0 aliphatic carbocycles. The zero-order valence-corrected chi connectivity index (χ0v) is 40.1. The molecule has 6 heterocycles. The van der Waals surface area contributed by atoms with Crippen molar-refractivity contribution in [1.82, 2.24) is 9.96 Å². The summed E-state index contributed by atoms with van der Waals surface area (Å²) < 4.78 is 17.7. The molecule has 18 heteroatoms. The predicted octanol–water partition coefficient (Wildman–Crippen LogP) is 6.17. The first kappa shape index (κ1) is 46.5. The van der Waals surface area contributed by atoms with Crippen molar-refractivity contribution >= 4 is 82.1 Å². The Bertz CT molecular complexity index is 2890. The van der Waals surface area contributed by atoms with Crippen molar-refractivity contribution in [3.63, 3.8) is 0 Å². The molecule has 6 amide bonds. The molecule has 0 N–H and O–H groups in total. The van der Waals surface area contributed by atoms with Crippen LogP contribution in [-0.2, 0) is 41.7 Å². The lowest BCUT2D eigenvalue weighted by molar-refractivity contribution is -0.197. The van der Waals surface area contributed by atoms with Crippen LogP contribution in [0.5, 0.6) is 17.2 Å². The monoisotopic (exact) mass is 968 g/mol. The maximum absolute atomic E-state index is 14.6. The molecule has 0 saturated carbocycles. The molecule has 17 nitrogen and oxygen atoms in total. The van der Waals surface area contributed by atoms with Gasteiger partial charge in [0, 0.05) is 86.2 Å². The highest BCUT2D eigenvalue weighted by Gasteiger charge is 2.45. The first-order chi connectivity index (χ1) is 33.7. The number of likely N-dealkylation sites (tertiary alicyclic amines) is 1. The van der Waals surface area contributed by atoms with Crippen molar-refractivity contribution < 1.29 is 52.6 Å². The second-order valence-electron chi connectivity index (χ2n) is 18.9. The number of rotatable bonds is 15. The van der Waals surface area contributed by atoms with Gasteiger partial charge in [0.2, 0.25) is 11.8 Å².